The molecule has 20 heteroatoms. The van der Waals surface area contributed by atoms with Crippen molar-refractivity contribution in [2.24, 2.45) is 0 Å². The lowest BCUT2D eigenvalue weighted by Gasteiger charge is -2.27. The second-order valence-corrected chi connectivity index (χ2v) is 32.0. The minimum absolute atomic E-state index is 0.147. The molecule has 1 N–H and O–H groups in total. The maximum Gasteiger partial charge on any atom is 0.307 e. The molecule has 0 aliphatic carbocycles. The Morgan fingerprint density at radius 3 is 0.744 bits per heavy atom. The number of aliphatic hydroxyl groups is 1. The molecule has 0 amide bonds. The van der Waals surface area contributed by atoms with Crippen molar-refractivity contribution in [2.45, 2.75) is 233 Å². The molecule has 0 heterocycles. The van der Waals surface area contributed by atoms with E-state index in [1.807, 2.05) is 43.2 Å². The van der Waals surface area contributed by atoms with Gasteiger partial charge >= 0.3 is 23.9 Å². The summed E-state index contributed by atoms with van der Waals surface area (Å²) in [5, 5.41) is 9.67. The van der Waals surface area contributed by atoms with Crippen molar-refractivity contribution in [3.63, 3.8) is 0 Å². The first-order valence-corrected chi connectivity index (χ1v) is 42.6. The zero-order chi connectivity index (χ0) is 59.7. The molecular formula is C62H121N3O9S8. The number of hydrogen-bond acceptors (Lipinski definition) is 20. The van der Waals surface area contributed by atoms with Gasteiger partial charge in [0, 0.05) is 78.8 Å². The number of carbonyl (C=O) groups is 4. The number of rotatable bonds is 68. The zero-order valence-corrected chi connectivity index (χ0v) is 59.0. The highest BCUT2D eigenvalue weighted by Gasteiger charge is 2.17. The standard InChI is InChI=1S/C62H121N3O9S8/c1-5-9-13-17-21-27-51-75-79-55-47-71-59(67)33-42-64(43-34-60(68)72-48-56-80-76-52-28-22-18-14-10-6-2)40-31-38-63(37-25-26-46-66)39-32-41-65(44-35-61(69)73-49-57-81-77-53-29-23-19-15-11-7-3)45-36-62(70)74-50-58-82-78-54-30-24-20-16-12-8-4/h66H,5-58H2,1-4H3. The fourth-order valence-corrected chi connectivity index (χ4v) is 16.7. The molecule has 0 aromatic carbocycles. The van der Waals surface area contributed by atoms with Gasteiger partial charge in [0.1, 0.15) is 26.4 Å². The van der Waals surface area contributed by atoms with E-state index in [-0.39, 0.29) is 56.2 Å². The van der Waals surface area contributed by atoms with Crippen molar-refractivity contribution in [3.05, 3.63) is 0 Å². The average Bonchev–Trinajstić information content (AvgIpc) is 3.48. The van der Waals surface area contributed by atoms with Gasteiger partial charge in [-0.05, 0) is 84.1 Å². The Morgan fingerprint density at radius 2 is 0.488 bits per heavy atom. The van der Waals surface area contributed by atoms with E-state index >= 15 is 0 Å². The van der Waals surface area contributed by atoms with Gasteiger partial charge in [0.25, 0.3) is 0 Å². The molecule has 0 atom stereocenters. The van der Waals surface area contributed by atoms with Gasteiger partial charge in [0.15, 0.2) is 0 Å². The summed E-state index contributed by atoms with van der Waals surface area (Å²) in [6, 6.07) is 0. The quantitative estimate of drug-likeness (QED) is 0.0267. The first-order chi connectivity index (χ1) is 40.3. The zero-order valence-electron chi connectivity index (χ0n) is 52.5. The van der Waals surface area contributed by atoms with E-state index in [2.05, 4.69) is 42.4 Å². The first kappa shape index (κ1) is 82.5. The number of carbonyl (C=O) groups excluding carboxylic acids is 4. The second kappa shape index (κ2) is 69.0. The summed E-state index contributed by atoms with van der Waals surface area (Å²) in [5.41, 5.74) is 0. The van der Waals surface area contributed by atoms with Gasteiger partial charge in [-0.3, -0.25) is 19.2 Å². The third-order valence-corrected chi connectivity index (χ3v) is 23.5. The fraction of sp³-hybridized carbons (Fsp3) is 0.935. The third kappa shape index (κ3) is 63.5. The van der Waals surface area contributed by atoms with Crippen LogP contribution in [0.3, 0.4) is 0 Å². The lowest BCUT2D eigenvalue weighted by Crippen LogP contribution is -2.36. The summed E-state index contributed by atoms with van der Waals surface area (Å²) in [6.45, 7) is 16.7. The van der Waals surface area contributed by atoms with Gasteiger partial charge < -0.3 is 38.8 Å². The van der Waals surface area contributed by atoms with Crippen LogP contribution in [0.4, 0.5) is 0 Å². The Bertz CT molecular complexity index is 1210. The summed E-state index contributed by atoms with van der Waals surface area (Å²) < 4.78 is 22.6. The van der Waals surface area contributed by atoms with Crippen LogP contribution in [-0.4, -0.2) is 182 Å². The van der Waals surface area contributed by atoms with Crippen LogP contribution in [0.1, 0.15) is 233 Å². The molecule has 0 fully saturated rings. The third-order valence-electron chi connectivity index (χ3n) is 13.7. The largest absolute Gasteiger partial charge is 0.465 e. The average molecular weight is 1310 g/mol. The van der Waals surface area contributed by atoms with Gasteiger partial charge in [0.2, 0.25) is 0 Å². The van der Waals surface area contributed by atoms with Crippen molar-refractivity contribution in [2.75, 3.05) is 138 Å². The van der Waals surface area contributed by atoms with Crippen LogP contribution in [0, 0.1) is 0 Å². The highest BCUT2D eigenvalue weighted by molar-refractivity contribution is 8.77. The van der Waals surface area contributed by atoms with E-state index in [0.29, 0.717) is 52.6 Å². The summed E-state index contributed by atoms with van der Waals surface area (Å²) in [7, 11) is 14.6. The molecule has 0 aromatic heterocycles. The number of unbranched alkanes of at least 4 members (excludes halogenated alkanes) is 21. The molecule has 0 aliphatic heterocycles. The molecule has 486 valence electrons. The van der Waals surface area contributed by atoms with Crippen LogP contribution in [0.15, 0.2) is 0 Å². The fourth-order valence-electron chi connectivity index (χ4n) is 8.77. The highest BCUT2D eigenvalue weighted by atomic mass is 33.1. The molecular weight excluding hydrogens is 1190 g/mol. The molecule has 0 radical (unpaired) electrons. The Balaban J connectivity index is 5.39. The lowest BCUT2D eigenvalue weighted by molar-refractivity contribution is -0.145. The maximum absolute atomic E-state index is 13.0. The van der Waals surface area contributed by atoms with E-state index in [0.717, 1.165) is 104 Å². The summed E-state index contributed by atoms with van der Waals surface area (Å²) in [4.78, 5) is 58.7. The summed E-state index contributed by atoms with van der Waals surface area (Å²) >= 11 is 0. The Labute approximate surface area is 535 Å². The van der Waals surface area contributed by atoms with Crippen molar-refractivity contribution < 1.29 is 43.2 Å². The van der Waals surface area contributed by atoms with Gasteiger partial charge in [-0.15, -0.1) is 0 Å². The number of esters is 4. The van der Waals surface area contributed by atoms with Crippen LogP contribution >= 0.6 is 86.4 Å². The minimum atomic E-state index is -0.208. The molecule has 0 saturated heterocycles. The molecule has 82 heavy (non-hydrogen) atoms. The number of hydrogen-bond donors (Lipinski definition) is 1. The molecule has 0 bridgehead atoms. The predicted octanol–water partition coefficient (Wildman–Crippen LogP) is 17.1. The Morgan fingerprint density at radius 1 is 0.268 bits per heavy atom. The van der Waals surface area contributed by atoms with E-state index in [4.69, 9.17) is 18.9 Å². The van der Waals surface area contributed by atoms with E-state index in [1.165, 1.54) is 154 Å². The van der Waals surface area contributed by atoms with Gasteiger partial charge in [0.05, 0.1) is 25.7 Å². The monoisotopic (exact) mass is 1310 g/mol. The smallest absolute Gasteiger partial charge is 0.307 e. The molecule has 0 unspecified atom stereocenters. The molecule has 0 rings (SSSR count). The first-order valence-electron chi connectivity index (χ1n) is 32.7. The molecule has 0 spiro atoms. The number of ether oxygens (including phenoxy) is 4. The minimum Gasteiger partial charge on any atom is -0.465 e. The highest BCUT2D eigenvalue weighted by Crippen LogP contribution is 2.26. The van der Waals surface area contributed by atoms with Crippen LogP contribution < -0.4 is 0 Å². The van der Waals surface area contributed by atoms with E-state index in [9.17, 15) is 24.3 Å². The van der Waals surface area contributed by atoms with Gasteiger partial charge in [-0.2, -0.15) is 0 Å². The van der Waals surface area contributed by atoms with Crippen molar-refractivity contribution in [1.82, 2.24) is 14.7 Å². The van der Waals surface area contributed by atoms with E-state index in [1.54, 1.807) is 43.2 Å². The lowest BCUT2D eigenvalue weighted by atomic mass is 10.1. The molecule has 0 aliphatic rings. The van der Waals surface area contributed by atoms with Crippen LogP contribution in [0.25, 0.3) is 0 Å². The molecule has 0 aromatic rings. The van der Waals surface area contributed by atoms with Crippen molar-refractivity contribution in [1.29, 1.82) is 0 Å². The number of nitrogens with zero attached hydrogens (tertiary/aromatic N) is 3. The van der Waals surface area contributed by atoms with Gasteiger partial charge in [-0.25, -0.2) is 0 Å². The van der Waals surface area contributed by atoms with Crippen molar-refractivity contribution >= 4 is 110 Å². The van der Waals surface area contributed by atoms with Crippen molar-refractivity contribution in [3.8, 4) is 0 Å². The molecule has 0 saturated carbocycles. The van der Waals surface area contributed by atoms with E-state index < -0.39 is 0 Å². The Kier molecular flexibility index (Phi) is 69.4. The Hall–Kier alpha value is 0.520. The topological polar surface area (TPSA) is 135 Å². The van der Waals surface area contributed by atoms with Gasteiger partial charge in [-0.1, -0.05) is 242 Å². The normalized spacial score (nSPS) is 11.6. The van der Waals surface area contributed by atoms with Crippen LogP contribution in [0.5, 0.6) is 0 Å². The molecule has 12 nitrogen and oxygen atoms in total. The SMILES string of the molecule is CCCCCCCCSSCCOC(=O)CCN(CCCN(CCCCO)CCCN(CCC(=O)OCCSSCCCCCCCC)CCC(=O)OCCSSCCCCCCCC)CCC(=O)OCCSSCCCCCCCC. The second-order valence-electron chi connectivity index (χ2n) is 21.2. The van der Waals surface area contributed by atoms with Crippen LogP contribution in [-0.2, 0) is 38.1 Å². The summed E-state index contributed by atoms with van der Waals surface area (Å²) in [5.74, 6) is 6.78. The van der Waals surface area contributed by atoms with Crippen LogP contribution in [0.2, 0.25) is 0 Å². The summed E-state index contributed by atoms with van der Waals surface area (Å²) in [6.07, 6.45) is 35.4. The predicted molar refractivity (Wildman–Crippen MR) is 370 cm³/mol. The maximum atomic E-state index is 13.0. The number of aliphatic hydroxyl groups excluding tert-OH is 1.